The minimum atomic E-state index is -1.43. The molecule has 4 nitrogen and oxygen atoms in total. The van der Waals surface area contributed by atoms with E-state index in [-0.39, 0.29) is 11.1 Å². The zero-order chi connectivity index (χ0) is 18.3. The van der Waals surface area contributed by atoms with Crippen molar-refractivity contribution in [1.29, 1.82) is 0 Å². The highest BCUT2D eigenvalue weighted by atomic mass is 35.6. The molecule has 2 N–H and O–H groups in total. The van der Waals surface area contributed by atoms with Gasteiger partial charge in [0.25, 0.3) is 0 Å². The van der Waals surface area contributed by atoms with Crippen molar-refractivity contribution in [3.8, 4) is 0 Å². The fourth-order valence-corrected chi connectivity index (χ4v) is 2.89. The van der Waals surface area contributed by atoms with E-state index < -0.39 is 15.1 Å². The van der Waals surface area contributed by atoms with Crippen LogP contribution in [0.5, 0.6) is 0 Å². The third kappa shape index (κ3) is 8.17. The van der Waals surface area contributed by atoms with Crippen molar-refractivity contribution in [3.63, 3.8) is 0 Å². The molecule has 2 aromatic carbocycles. The van der Waals surface area contributed by atoms with Crippen LogP contribution in [0.4, 0.5) is 0 Å². The summed E-state index contributed by atoms with van der Waals surface area (Å²) in [6.45, 7) is 0. The maximum atomic E-state index is 10.5. The van der Waals surface area contributed by atoms with E-state index in [2.05, 4.69) is 12.6 Å². The van der Waals surface area contributed by atoms with Crippen LogP contribution in [0.1, 0.15) is 20.7 Å². The van der Waals surface area contributed by atoms with Crippen molar-refractivity contribution >= 4 is 71.1 Å². The van der Waals surface area contributed by atoms with Crippen LogP contribution in [0.25, 0.3) is 0 Å². The summed E-state index contributed by atoms with van der Waals surface area (Å²) in [5.41, 5.74) is 0.497. The molecule has 0 aliphatic carbocycles. The SMILES string of the molecule is O=C(O)c1ccc(S)cc1.O=C(O)c1ccc(SC(Cl)(Cl)Cl)cc1. The van der Waals surface area contributed by atoms with E-state index in [0.29, 0.717) is 4.90 Å². The zero-order valence-corrected chi connectivity index (χ0v) is 15.8. The third-order valence-corrected chi connectivity index (χ3v) is 4.18. The smallest absolute Gasteiger partial charge is 0.335 e. The molecule has 0 amide bonds. The number of thioether (sulfide) groups is 1. The molecule has 0 radical (unpaired) electrons. The number of benzene rings is 2. The molecule has 0 unspecified atom stereocenters. The summed E-state index contributed by atoms with van der Waals surface area (Å²) in [4.78, 5) is 22.3. The minimum Gasteiger partial charge on any atom is -0.478 e. The molecule has 0 aliphatic heterocycles. The molecule has 0 saturated carbocycles. The van der Waals surface area contributed by atoms with Crippen LogP contribution in [0.15, 0.2) is 58.3 Å². The van der Waals surface area contributed by atoms with Crippen molar-refractivity contribution in [3.05, 3.63) is 59.7 Å². The minimum absolute atomic E-state index is 0.207. The lowest BCUT2D eigenvalue weighted by Crippen LogP contribution is -1.96. The van der Waals surface area contributed by atoms with Gasteiger partial charge in [0.2, 0.25) is 3.12 Å². The summed E-state index contributed by atoms with van der Waals surface area (Å²) < 4.78 is -1.43. The quantitative estimate of drug-likeness (QED) is 0.345. The molecule has 0 atom stereocenters. The molecule has 0 aromatic heterocycles. The fourth-order valence-electron chi connectivity index (χ4n) is 1.40. The van der Waals surface area contributed by atoms with E-state index in [1.54, 1.807) is 24.3 Å². The highest BCUT2D eigenvalue weighted by molar-refractivity contribution is 8.04. The molecule has 24 heavy (non-hydrogen) atoms. The van der Waals surface area contributed by atoms with Gasteiger partial charge in [0.05, 0.1) is 11.1 Å². The first kappa shape index (κ1) is 21.0. The Balaban J connectivity index is 0.000000254. The van der Waals surface area contributed by atoms with Gasteiger partial charge in [-0.05, 0) is 48.5 Å². The Morgan fingerprint density at radius 1 is 0.833 bits per heavy atom. The van der Waals surface area contributed by atoms with Crippen LogP contribution in [-0.2, 0) is 0 Å². The van der Waals surface area contributed by atoms with Crippen molar-refractivity contribution in [2.75, 3.05) is 0 Å². The molecule has 2 rings (SSSR count). The first-order valence-electron chi connectivity index (χ1n) is 6.20. The summed E-state index contributed by atoms with van der Waals surface area (Å²) in [6, 6.07) is 12.4. The van der Waals surface area contributed by atoms with Gasteiger partial charge in [-0.15, -0.1) is 12.6 Å². The van der Waals surface area contributed by atoms with Gasteiger partial charge in [-0.3, -0.25) is 0 Å². The molecular weight excluding hydrogens is 415 g/mol. The van der Waals surface area contributed by atoms with Crippen LogP contribution in [0, 0.1) is 0 Å². The largest absolute Gasteiger partial charge is 0.478 e. The number of rotatable bonds is 3. The van der Waals surface area contributed by atoms with E-state index in [9.17, 15) is 9.59 Å². The standard InChI is InChI=1S/C8H5Cl3O2S.C7H6O2S/c9-8(10,11)14-6-3-1-5(2-4-6)7(12)13;8-7(9)5-1-3-6(10)4-2-5/h1-4H,(H,12,13);1-4,10H,(H,8,9). The van der Waals surface area contributed by atoms with E-state index >= 15 is 0 Å². The lowest BCUT2D eigenvalue weighted by molar-refractivity contribution is 0.0686. The van der Waals surface area contributed by atoms with Crippen molar-refractivity contribution in [2.45, 2.75) is 12.9 Å². The Hall–Kier alpha value is -1.05. The van der Waals surface area contributed by atoms with Crippen LogP contribution in [-0.4, -0.2) is 25.3 Å². The van der Waals surface area contributed by atoms with Gasteiger partial charge in [-0.25, -0.2) is 9.59 Å². The predicted molar refractivity (Wildman–Crippen MR) is 100 cm³/mol. The molecule has 0 aliphatic rings. The summed E-state index contributed by atoms with van der Waals surface area (Å²) >= 11 is 21.7. The Morgan fingerprint density at radius 3 is 1.54 bits per heavy atom. The lowest BCUT2D eigenvalue weighted by Gasteiger charge is -2.09. The molecule has 0 bridgehead atoms. The number of alkyl halides is 3. The topological polar surface area (TPSA) is 74.6 Å². The van der Waals surface area contributed by atoms with Crippen LogP contribution in [0.3, 0.4) is 0 Å². The van der Waals surface area contributed by atoms with Crippen molar-refractivity contribution in [2.24, 2.45) is 0 Å². The van der Waals surface area contributed by atoms with Gasteiger partial charge in [0, 0.05) is 9.79 Å². The van der Waals surface area contributed by atoms with Crippen LogP contribution in [0.2, 0.25) is 0 Å². The fraction of sp³-hybridized carbons (Fsp3) is 0.0667. The number of hydrogen-bond acceptors (Lipinski definition) is 4. The Bertz CT molecular complexity index is 698. The average Bonchev–Trinajstić information content (AvgIpc) is 2.47. The Morgan fingerprint density at radius 2 is 1.21 bits per heavy atom. The molecule has 128 valence electrons. The maximum Gasteiger partial charge on any atom is 0.335 e. The summed E-state index contributed by atoms with van der Waals surface area (Å²) in [7, 11) is 0. The number of carboxylic acids is 2. The summed E-state index contributed by atoms with van der Waals surface area (Å²) in [5, 5.41) is 17.1. The Kier molecular flexibility index (Phi) is 8.26. The molecule has 0 saturated heterocycles. The number of aromatic carboxylic acids is 2. The second kappa shape index (κ2) is 9.44. The van der Waals surface area contributed by atoms with Crippen molar-refractivity contribution in [1.82, 2.24) is 0 Å². The first-order valence-corrected chi connectivity index (χ1v) is 8.59. The molecule has 0 spiro atoms. The maximum absolute atomic E-state index is 10.5. The van der Waals surface area contributed by atoms with Crippen molar-refractivity contribution < 1.29 is 19.8 Å². The normalized spacial score (nSPS) is 10.5. The van der Waals surface area contributed by atoms with E-state index in [1.807, 2.05) is 0 Å². The number of thiol groups is 1. The van der Waals surface area contributed by atoms with Crippen LogP contribution < -0.4 is 0 Å². The second-order valence-electron chi connectivity index (χ2n) is 4.23. The first-order chi connectivity index (χ1) is 11.1. The molecular formula is C15H11Cl3O4S2. The number of carbonyl (C=O) groups is 2. The highest BCUT2D eigenvalue weighted by Gasteiger charge is 2.21. The highest BCUT2D eigenvalue weighted by Crippen LogP contribution is 2.43. The van der Waals surface area contributed by atoms with Gasteiger partial charge >= 0.3 is 11.9 Å². The molecule has 0 fully saturated rings. The summed E-state index contributed by atoms with van der Waals surface area (Å²) in [6.07, 6.45) is 0. The molecule has 0 heterocycles. The number of halogens is 3. The van der Waals surface area contributed by atoms with E-state index in [4.69, 9.17) is 45.0 Å². The van der Waals surface area contributed by atoms with Gasteiger partial charge in [-0.1, -0.05) is 46.6 Å². The molecule has 9 heteroatoms. The van der Waals surface area contributed by atoms with Gasteiger partial charge in [-0.2, -0.15) is 0 Å². The Labute approximate surface area is 163 Å². The monoisotopic (exact) mass is 424 g/mol. The zero-order valence-electron chi connectivity index (χ0n) is 11.8. The molecule has 2 aromatic rings. The number of hydrogen-bond donors (Lipinski definition) is 3. The van der Waals surface area contributed by atoms with Crippen LogP contribution >= 0.6 is 59.2 Å². The van der Waals surface area contributed by atoms with E-state index in [0.717, 1.165) is 16.7 Å². The van der Waals surface area contributed by atoms with Gasteiger partial charge in [0.15, 0.2) is 0 Å². The number of carboxylic acid groups (broad SMARTS) is 2. The average molecular weight is 426 g/mol. The van der Waals surface area contributed by atoms with Gasteiger partial charge < -0.3 is 10.2 Å². The lowest BCUT2D eigenvalue weighted by atomic mass is 10.2. The van der Waals surface area contributed by atoms with Gasteiger partial charge in [0.1, 0.15) is 0 Å². The second-order valence-corrected chi connectivity index (χ2v) is 8.99. The third-order valence-electron chi connectivity index (χ3n) is 2.45. The predicted octanol–water partition coefficient (Wildman–Crippen LogP) is 5.48. The van der Waals surface area contributed by atoms with E-state index in [1.165, 1.54) is 24.3 Å². The summed E-state index contributed by atoms with van der Waals surface area (Å²) in [5.74, 6) is -1.89.